The highest BCUT2D eigenvalue weighted by Gasteiger charge is 2.29. The average molecular weight is 280 g/mol. The van der Waals surface area contributed by atoms with Gasteiger partial charge in [0.2, 0.25) is 5.91 Å². The molecule has 110 valence electrons. The minimum atomic E-state index is -0.193. The summed E-state index contributed by atoms with van der Waals surface area (Å²) in [5.74, 6) is -0.324. The second kappa shape index (κ2) is 7.02. The first-order chi connectivity index (χ1) is 9.70. The number of ether oxygens (including phenoxy) is 1. The van der Waals surface area contributed by atoms with Crippen LogP contribution < -0.4 is 0 Å². The van der Waals surface area contributed by atoms with Crippen LogP contribution in [-0.2, 0) is 20.9 Å². The number of likely N-dealkylation sites (tertiary alicyclic amines) is 1. The third-order valence-corrected chi connectivity index (χ3v) is 3.42. The molecule has 1 atom stereocenters. The molecule has 2 rings (SSSR count). The van der Waals surface area contributed by atoms with Crippen LogP contribution in [0.25, 0.3) is 0 Å². The zero-order valence-corrected chi connectivity index (χ0v) is 11.7. The Balaban J connectivity index is 1.81. The van der Waals surface area contributed by atoms with Crippen LogP contribution in [0.5, 0.6) is 0 Å². The normalized spacial score (nSPS) is 18.9. The minimum absolute atomic E-state index is 0.0505. The summed E-state index contributed by atoms with van der Waals surface area (Å²) in [6.07, 6.45) is 5.33. The van der Waals surface area contributed by atoms with Gasteiger partial charge < -0.3 is 9.64 Å². The van der Waals surface area contributed by atoms with Crippen LogP contribution in [0.15, 0.2) is 12.4 Å². The number of nitrogens with zero attached hydrogens (tertiary/aromatic N) is 4. The summed E-state index contributed by atoms with van der Waals surface area (Å²) in [6, 6.07) is 0. The fourth-order valence-electron chi connectivity index (χ4n) is 2.38. The van der Waals surface area contributed by atoms with E-state index in [4.69, 9.17) is 4.74 Å². The third-order valence-electron chi connectivity index (χ3n) is 3.42. The molecule has 1 fully saturated rings. The SMILES string of the molecule is CCOC(=O)[C@H]1CCCN(C(=O)CCn2ccnn2)C1. The van der Waals surface area contributed by atoms with Crippen molar-refractivity contribution in [2.45, 2.75) is 32.7 Å². The molecule has 1 amide bonds. The quantitative estimate of drug-likeness (QED) is 0.733. The zero-order chi connectivity index (χ0) is 14.4. The highest BCUT2D eigenvalue weighted by atomic mass is 16.5. The fraction of sp³-hybridized carbons (Fsp3) is 0.692. The summed E-state index contributed by atoms with van der Waals surface area (Å²) in [5.41, 5.74) is 0. The van der Waals surface area contributed by atoms with Crippen LogP contribution in [-0.4, -0.2) is 51.5 Å². The van der Waals surface area contributed by atoms with Crippen LogP contribution in [0.1, 0.15) is 26.2 Å². The summed E-state index contributed by atoms with van der Waals surface area (Å²) in [4.78, 5) is 25.6. The number of aryl methyl sites for hydroxylation is 1. The molecule has 0 saturated carbocycles. The lowest BCUT2D eigenvalue weighted by molar-refractivity contribution is -0.151. The number of esters is 1. The van der Waals surface area contributed by atoms with Gasteiger partial charge in [0.05, 0.1) is 25.3 Å². The summed E-state index contributed by atoms with van der Waals surface area (Å²) in [7, 11) is 0. The molecule has 0 unspecified atom stereocenters. The molecular weight excluding hydrogens is 260 g/mol. The van der Waals surface area contributed by atoms with Crippen molar-refractivity contribution in [1.29, 1.82) is 0 Å². The van der Waals surface area contributed by atoms with Gasteiger partial charge in [-0.25, -0.2) is 0 Å². The molecule has 0 spiro atoms. The van der Waals surface area contributed by atoms with Gasteiger partial charge in [-0.2, -0.15) is 0 Å². The van der Waals surface area contributed by atoms with Gasteiger partial charge in [0, 0.05) is 25.7 Å². The summed E-state index contributed by atoms with van der Waals surface area (Å²) in [5, 5.41) is 7.52. The maximum atomic E-state index is 12.1. The van der Waals surface area contributed by atoms with Crippen molar-refractivity contribution in [1.82, 2.24) is 19.9 Å². The van der Waals surface area contributed by atoms with E-state index in [-0.39, 0.29) is 17.8 Å². The maximum Gasteiger partial charge on any atom is 0.310 e. The van der Waals surface area contributed by atoms with Gasteiger partial charge in [-0.3, -0.25) is 14.3 Å². The molecule has 0 aliphatic carbocycles. The first-order valence-corrected chi connectivity index (χ1v) is 6.99. The largest absolute Gasteiger partial charge is 0.466 e. The van der Waals surface area contributed by atoms with Crippen LogP contribution in [0, 0.1) is 5.92 Å². The lowest BCUT2D eigenvalue weighted by Gasteiger charge is -2.31. The fourth-order valence-corrected chi connectivity index (χ4v) is 2.38. The Morgan fingerprint density at radius 3 is 3.00 bits per heavy atom. The molecule has 7 heteroatoms. The van der Waals surface area contributed by atoms with Crippen molar-refractivity contribution >= 4 is 11.9 Å². The smallest absolute Gasteiger partial charge is 0.310 e. The van der Waals surface area contributed by atoms with Crippen molar-refractivity contribution in [3.8, 4) is 0 Å². The Hall–Kier alpha value is -1.92. The Morgan fingerprint density at radius 2 is 2.30 bits per heavy atom. The highest BCUT2D eigenvalue weighted by molar-refractivity contribution is 5.78. The molecule has 0 N–H and O–H groups in total. The van der Waals surface area contributed by atoms with Crippen molar-refractivity contribution in [2.24, 2.45) is 5.92 Å². The van der Waals surface area contributed by atoms with Crippen molar-refractivity contribution < 1.29 is 14.3 Å². The first-order valence-electron chi connectivity index (χ1n) is 6.99. The van der Waals surface area contributed by atoms with Gasteiger partial charge in [0.25, 0.3) is 0 Å². The van der Waals surface area contributed by atoms with E-state index in [0.29, 0.717) is 32.7 Å². The Morgan fingerprint density at radius 1 is 1.45 bits per heavy atom. The van der Waals surface area contributed by atoms with E-state index in [2.05, 4.69) is 10.3 Å². The van der Waals surface area contributed by atoms with E-state index in [1.807, 2.05) is 0 Å². The predicted molar refractivity (Wildman–Crippen MR) is 70.6 cm³/mol. The maximum absolute atomic E-state index is 12.1. The van der Waals surface area contributed by atoms with Crippen LogP contribution >= 0.6 is 0 Å². The zero-order valence-electron chi connectivity index (χ0n) is 11.7. The Bertz CT molecular complexity index is 446. The number of amides is 1. The molecule has 20 heavy (non-hydrogen) atoms. The molecule has 1 aliphatic heterocycles. The van der Waals surface area contributed by atoms with Crippen LogP contribution in [0.3, 0.4) is 0 Å². The first kappa shape index (κ1) is 14.5. The number of carbonyl (C=O) groups is 2. The van der Waals surface area contributed by atoms with Gasteiger partial charge in [-0.15, -0.1) is 5.10 Å². The number of aromatic nitrogens is 3. The average Bonchev–Trinajstić information content (AvgIpc) is 2.98. The third kappa shape index (κ3) is 3.79. The Kier molecular flexibility index (Phi) is 5.09. The van der Waals surface area contributed by atoms with Gasteiger partial charge in [-0.05, 0) is 19.8 Å². The summed E-state index contributed by atoms with van der Waals surface area (Å²) in [6.45, 7) is 3.87. The summed E-state index contributed by atoms with van der Waals surface area (Å²) >= 11 is 0. The van der Waals surface area contributed by atoms with E-state index < -0.39 is 0 Å². The molecule has 1 aromatic rings. The van der Waals surface area contributed by atoms with Gasteiger partial charge in [0.1, 0.15) is 0 Å². The molecule has 0 bridgehead atoms. The van der Waals surface area contributed by atoms with E-state index in [1.54, 1.807) is 28.9 Å². The highest BCUT2D eigenvalue weighted by Crippen LogP contribution is 2.18. The van der Waals surface area contributed by atoms with E-state index in [0.717, 1.165) is 12.8 Å². The molecule has 0 aromatic carbocycles. The van der Waals surface area contributed by atoms with Gasteiger partial charge in [0.15, 0.2) is 0 Å². The Labute approximate surface area is 117 Å². The second-order valence-corrected chi connectivity index (χ2v) is 4.85. The predicted octanol–water partition coefficient (Wildman–Crippen LogP) is 0.470. The molecular formula is C13H20N4O3. The lowest BCUT2D eigenvalue weighted by atomic mass is 9.98. The molecule has 1 aromatic heterocycles. The van der Waals surface area contributed by atoms with Crippen molar-refractivity contribution in [2.75, 3.05) is 19.7 Å². The van der Waals surface area contributed by atoms with Gasteiger partial charge in [-0.1, -0.05) is 5.21 Å². The van der Waals surface area contributed by atoms with E-state index in [9.17, 15) is 9.59 Å². The number of hydrogen-bond donors (Lipinski definition) is 0. The van der Waals surface area contributed by atoms with Crippen molar-refractivity contribution in [3.63, 3.8) is 0 Å². The second-order valence-electron chi connectivity index (χ2n) is 4.85. The monoisotopic (exact) mass is 280 g/mol. The minimum Gasteiger partial charge on any atom is -0.466 e. The molecule has 1 saturated heterocycles. The molecule has 0 radical (unpaired) electrons. The molecule has 1 aliphatic rings. The molecule has 7 nitrogen and oxygen atoms in total. The van der Waals surface area contributed by atoms with Crippen molar-refractivity contribution in [3.05, 3.63) is 12.4 Å². The lowest BCUT2D eigenvalue weighted by Crippen LogP contribution is -2.43. The number of carbonyl (C=O) groups excluding carboxylic acids is 2. The van der Waals surface area contributed by atoms with E-state index >= 15 is 0 Å². The topological polar surface area (TPSA) is 77.3 Å². The van der Waals surface area contributed by atoms with Crippen LogP contribution in [0.4, 0.5) is 0 Å². The van der Waals surface area contributed by atoms with E-state index in [1.165, 1.54) is 0 Å². The number of rotatable bonds is 5. The standard InChI is InChI=1S/C13H20N4O3/c1-2-20-13(19)11-4-3-7-16(10-11)12(18)5-8-17-9-6-14-15-17/h6,9,11H,2-5,7-8,10H2,1H3/t11-/m0/s1. The number of hydrogen-bond acceptors (Lipinski definition) is 5. The number of piperidine rings is 1. The molecule has 2 heterocycles. The summed E-state index contributed by atoms with van der Waals surface area (Å²) < 4.78 is 6.66. The van der Waals surface area contributed by atoms with Crippen LogP contribution in [0.2, 0.25) is 0 Å². The van der Waals surface area contributed by atoms with Gasteiger partial charge >= 0.3 is 5.97 Å².